The van der Waals surface area contributed by atoms with E-state index in [4.69, 9.17) is 5.11 Å². The van der Waals surface area contributed by atoms with Crippen LogP contribution in [0.5, 0.6) is 0 Å². The van der Waals surface area contributed by atoms with Gasteiger partial charge in [-0.25, -0.2) is 4.79 Å². The van der Waals surface area contributed by atoms with E-state index in [1.807, 2.05) is 6.07 Å². The fourth-order valence-electron chi connectivity index (χ4n) is 2.72. The van der Waals surface area contributed by atoms with E-state index in [0.29, 0.717) is 19.3 Å². The average molecular weight is 330 g/mol. The maximum atomic E-state index is 13.1. The Hall–Kier alpha value is -1.76. The minimum atomic E-state index is -4.45. The van der Waals surface area contributed by atoms with Crippen LogP contribution in [-0.4, -0.2) is 29.5 Å². The lowest BCUT2D eigenvalue weighted by Crippen LogP contribution is -2.64. The van der Waals surface area contributed by atoms with E-state index < -0.39 is 23.8 Å². The summed E-state index contributed by atoms with van der Waals surface area (Å²) in [5.41, 5.74) is -1.30. The normalized spacial score (nSPS) is 17.9. The zero-order valence-corrected chi connectivity index (χ0v) is 12.7. The zero-order valence-electron chi connectivity index (χ0n) is 12.7. The Bertz CT molecular complexity index is 516. The molecule has 1 unspecified atom stereocenters. The van der Waals surface area contributed by atoms with Crippen molar-refractivity contribution in [2.24, 2.45) is 0 Å². The summed E-state index contributed by atoms with van der Waals surface area (Å²) in [6.07, 6.45) is -3.27. The number of aliphatic hydroxyl groups excluding tert-OH is 1. The van der Waals surface area contributed by atoms with Crippen molar-refractivity contribution in [3.63, 3.8) is 0 Å². The predicted molar refractivity (Wildman–Crippen MR) is 79.8 cm³/mol. The van der Waals surface area contributed by atoms with Gasteiger partial charge in [-0.3, -0.25) is 0 Å². The van der Waals surface area contributed by atoms with Crippen LogP contribution in [0, 0.1) is 0 Å². The highest BCUT2D eigenvalue weighted by molar-refractivity contribution is 5.75. The third-order valence-corrected chi connectivity index (χ3v) is 4.26. The second kappa shape index (κ2) is 7.21. The van der Waals surface area contributed by atoms with Crippen LogP contribution in [0.2, 0.25) is 0 Å². The van der Waals surface area contributed by atoms with Gasteiger partial charge in [0.1, 0.15) is 5.54 Å². The lowest BCUT2D eigenvalue weighted by atomic mass is 9.76. The third kappa shape index (κ3) is 4.16. The topological polar surface area (TPSA) is 61.4 Å². The molecule has 1 aliphatic carbocycles. The molecule has 7 heteroatoms. The zero-order chi connectivity index (χ0) is 16.9. The molecule has 1 aliphatic rings. The maximum Gasteiger partial charge on any atom is 0.411 e. The highest BCUT2D eigenvalue weighted by Gasteiger charge is 2.59. The van der Waals surface area contributed by atoms with Crippen LogP contribution in [0.25, 0.3) is 0 Å². The molecule has 0 spiro atoms. The second-order valence-corrected chi connectivity index (χ2v) is 5.86. The fraction of sp³-hybridized carbons (Fsp3) is 0.562. The van der Waals surface area contributed by atoms with Gasteiger partial charge in [-0.05, 0) is 37.7 Å². The van der Waals surface area contributed by atoms with Gasteiger partial charge in [-0.1, -0.05) is 30.3 Å². The molecule has 2 rings (SSSR count). The van der Waals surface area contributed by atoms with Crippen LogP contribution in [-0.2, 0) is 0 Å². The Morgan fingerprint density at radius 2 is 1.91 bits per heavy atom. The molecule has 4 nitrogen and oxygen atoms in total. The van der Waals surface area contributed by atoms with E-state index >= 15 is 0 Å². The predicted octanol–water partition coefficient (Wildman–Crippen LogP) is 3.28. The molecule has 0 aliphatic heterocycles. The summed E-state index contributed by atoms with van der Waals surface area (Å²) in [4.78, 5) is 12.1. The second-order valence-electron chi connectivity index (χ2n) is 5.86. The smallest absolute Gasteiger partial charge is 0.396 e. The van der Waals surface area contributed by atoms with E-state index in [-0.39, 0.29) is 19.4 Å². The number of carbonyl (C=O) groups is 1. The van der Waals surface area contributed by atoms with E-state index in [1.165, 1.54) is 0 Å². The first-order valence-corrected chi connectivity index (χ1v) is 7.69. The van der Waals surface area contributed by atoms with Crippen LogP contribution < -0.4 is 10.6 Å². The van der Waals surface area contributed by atoms with E-state index in [0.717, 1.165) is 5.56 Å². The SMILES string of the molecule is O=C(NC(CCCO)c1ccccc1)NC1(C(F)(F)F)CCC1. The van der Waals surface area contributed by atoms with Crippen molar-refractivity contribution in [3.05, 3.63) is 35.9 Å². The number of alkyl halides is 3. The molecule has 0 aromatic heterocycles. The first-order chi connectivity index (χ1) is 10.9. The molecule has 1 aromatic rings. The summed E-state index contributed by atoms with van der Waals surface area (Å²) < 4.78 is 39.3. The van der Waals surface area contributed by atoms with Crippen molar-refractivity contribution < 1.29 is 23.1 Å². The van der Waals surface area contributed by atoms with Crippen LogP contribution in [0.4, 0.5) is 18.0 Å². The molecule has 1 fully saturated rings. The van der Waals surface area contributed by atoms with E-state index in [2.05, 4.69) is 10.6 Å². The highest BCUT2D eigenvalue weighted by Crippen LogP contribution is 2.45. The summed E-state index contributed by atoms with van der Waals surface area (Å²) in [7, 11) is 0. The lowest BCUT2D eigenvalue weighted by Gasteiger charge is -2.43. The number of hydrogen-bond acceptors (Lipinski definition) is 2. The number of halogens is 3. The Morgan fingerprint density at radius 3 is 2.39 bits per heavy atom. The number of aliphatic hydroxyl groups is 1. The average Bonchev–Trinajstić information content (AvgIpc) is 2.47. The number of urea groups is 1. The number of amides is 2. The van der Waals surface area contributed by atoms with Crippen LogP contribution in [0.15, 0.2) is 30.3 Å². The summed E-state index contributed by atoms with van der Waals surface area (Å²) in [6.45, 7) is -0.0425. The molecular weight excluding hydrogens is 309 g/mol. The highest BCUT2D eigenvalue weighted by atomic mass is 19.4. The number of carbonyl (C=O) groups excluding carboxylic acids is 1. The maximum absolute atomic E-state index is 13.1. The Balaban J connectivity index is 2.03. The van der Waals surface area contributed by atoms with Crippen molar-refractivity contribution in [3.8, 4) is 0 Å². The Morgan fingerprint density at radius 1 is 1.26 bits per heavy atom. The van der Waals surface area contributed by atoms with Crippen LogP contribution >= 0.6 is 0 Å². The largest absolute Gasteiger partial charge is 0.411 e. The first kappa shape index (κ1) is 17.6. The molecule has 1 atom stereocenters. The van der Waals surface area contributed by atoms with Gasteiger partial charge in [0.15, 0.2) is 0 Å². The minimum Gasteiger partial charge on any atom is -0.396 e. The van der Waals surface area contributed by atoms with Gasteiger partial charge in [0.25, 0.3) is 0 Å². The third-order valence-electron chi connectivity index (χ3n) is 4.26. The molecule has 0 radical (unpaired) electrons. The fourth-order valence-corrected chi connectivity index (χ4v) is 2.72. The van der Waals surface area contributed by atoms with Crippen molar-refractivity contribution >= 4 is 6.03 Å². The lowest BCUT2D eigenvalue weighted by molar-refractivity contribution is -0.214. The monoisotopic (exact) mass is 330 g/mol. The van der Waals surface area contributed by atoms with Gasteiger partial charge < -0.3 is 15.7 Å². The number of nitrogens with one attached hydrogen (secondary N) is 2. The van der Waals surface area contributed by atoms with Gasteiger partial charge in [-0.15, -0.1) is 0 Å². The number of benzene rings is 1. The molecule has 0 bridgehead atoms. The Kier molecular flexibility index (Phi) is 5.51. The van der Waals surface area contributed by atoms with Crippen molar-refractivity contribution in [1.29, 1.82) is 0 Å². The minimum absolute atomic E-state index is 0.0425. The summed E-state index contributed by atoms with van der Waals surface area (Å²) in [5.74, 6) is 0. The van der Waals surface area contributed by atoms with Crippen molar-refractivity contribution in [1.82, 2.24) is 10.6 Å². The molecule has 23 heavy (non-hydrogen) atoms. The number of rotatable bonds is 6. The van der Waals surface area contributed by atoms with Crippen molar-refractivity contribution in [2.75, 3.05) is 6.61 Å². The standard InChI is InChI=1S/C16H21F3N2O2/c17-16(18,19)15(9-5-10-15)21-14(23)20-13(8-4-11-22)12-6-2-1-3-7-12/h1-3,6-7,13,22H,4-5,8-11H2,(H2,20,21,23). The molecule has 3 N–H and O–H groups in total. The molecule has 1 saturated carbocycles. The summed E-state index contributed by atoms with van der Waals surface area (Å²) in [6, 6.07) is 7.74. The summed E-state index contributed by atoms with van der Waals surface area (Å²) >= 11 is 0. The van der Waals surface area contributed by atoms with Crippen LogP contribution in [0.1, 0.15) is 43.7 Å². The van der Waals surface area contributed by atoms with Gasteiger partial charge >= 0.3 is 12.2 Å². The van der Waals surface area contributed by atoms with Gasteiger partial charge in [-0.2, -0.15) is 13.2 Å². The first-order valence-electron chi connectivity index (χ1n) is 7.69. The number of hydrogen-bond donors (Lipinski definition) is 3. The van der Waals surface area contributed by atoms with E-state index in [9.17, 15) is 18.0 Å². The van der Waals surface area contributed by atoms with Crippen LogP contribution in [0.3, 0.4) is 0 Å². The molecule has 2 amide bonds. The van der Waals surface area contributed by atoms with Gasteiger partial charge in [0.2, 0.25) is 0 Å². The summed E-state index contributed by atoms with van der Waals surface area (Å²) in [5, 5.41) is 13.7. The van der Waals surface area contributed by atoms with Gasteiger partial charge in [0.05, 0.1) is 6.04 Å². The molecule has 0 saturated heterocycles. The van der Waals surface area contributed by atoms with Crippen molar-refractivity contribution in [2.45, 2.75) is 49.9 Å². The van der Waals surface area contributed by atoms with E-state index in [1.54, 1.807) is 24.3 Å². The quantitative estimate of drug-likeness (QED) is 0.749. The molecule has 1 aromatic carbocycles. The van der Waals surface area contributed by atoms with Gasteiger partial charge in [0, 0.05) is 6.61 Å². The molecule has 0 heterocycles. The molecule has 128 valence electrons. The Labute approximate surface area is 133 Å². The molecular formula is C16H21F3N2O2.